The molecule has 2 rings (SSSR count). The van der Waals surface area contributed by atoms with Crippen molar-refractivity contribution >= 4 is 17.4 Å². The average Bonchev–Trinajstić information content (AvgIpc) is 2.96. The minimum atomic E-state index is -0.0280. The molecular formula is C13H15NO2. The van der Waals surface area contributed by atoms with Crippen molar-refractivity contribution in [1.29, 1.82) is 0 Å². The van der Waals surface area contributed by atoms with Crippen LogP contribution in [0.1, 0.15) is 30.6 Å². The molecule has 3 heteroatoms. The summed E-state index contributed by atoms with van der Waals surface area (Å²) in [4.78, 5) is 23.1. The largest absolute Gasteiger partial charge is 0.325 e. The van der Waals surface area contributed by atoms with Gasteiger partial charge < -0.3 is 5.32 Å². The van der Waals surface area contributed by atoms with Crippen molar-refractivity contribution in [2.24, 2.45) is 11.8 Å². The van der Waals surface area contributed by atoms with Crippen molar-refractivity contribution in [3.05, 3.63) is 29.8 Å². The Hall–Kier alpha value is -1.64. The highest BCUT2D eigenvalue weighted by atomic mass is 16.2. The van der Waals surface area contributed by atoms with E-state index in [-0.39, 0.29) is 17.6 Å². The van der Waals surface area contributed by atoms with Gasteiger partial charge in [0.1, 0.15) is 0 Å². The maximum absolute atomic E-state index is 11.7. The van der Waals surface area contributed by atoms with Crippen molar-refractivity contribution in [3.63, 3.8) is 0 Å². The van der Waals surface area contributed by atoms with Crippen LogP contribution in [0.15, 0.2) is 24.3 Å². The number of carbonyl (C=O) groups excluding carboxylic acids is 2. The number of carbonyl (C=O) groups is 2. The van der Waals surface area contributed by atoms with Crippen molar-refractivity contribution in [2.75, 3.05) is 5.32 Å². The number of anilines is 1. The Balaban J connectivity index is 2.14. The molecule has 0 spiro atoms. The topological polar surface area (TPSA) is 46.2 Å². The standard InChI is InChI=1S/C13H15NO2/c1-8-7-11(8)13(16)14-12-6-4-3-5-10(12)9(2)15/h3-6,8,11H,7H2,1-2H3,(H,14,16). The van der Waals surface area contributed by atoms with Gasteiger partial charge in [0.2, 0.25) is 5.91 Å². The van der Waals surface area contributed by atoms with E-state index < -0.39 is 0 Å². The number of nitrogens with one attached hydrogen (secondary N) is 1. The molecule has 3 nitrogen and oxygen atoms in total. The molecule has 0 heterocycles. The predicted molar refractivity (Wildman–Crippen MR) is 62.3 cm³/mol. The number of ketones is 1. The zero-order valence-electron chi connectivity index (χ0n) is 9.49. The van der Waals surface area contributed by atoms with Crippen LogP contribution in [-0.2, 0) is 4.79 Å². The second kappa shape index (κ2) is 4.08. The second-order valence-electron chi connectivity index (χ2n) is 4.41. The van der Waals surface area contributed by atoms with Crippen LogP contribution in [0.2, 0.25) is 0 Å². The van der Waals surface area contributed by atoms with E-state index in [1.165, 1.54) is 6.92 Å². The summed E-state index contributed by atoms with van der Waals surface area (Å²) < 4.78 is 0. The summed E-state index contributed by atoms with van der Waals surface area (Å²) in [5, 5.41) is 2.82. The minimum Gasteiger partial charge on any atom is -0.325 e. The second-order valence-corrected chi connectivity index (χ2v) is 4.41. The van der Waals surface area contributed by atoms with Crippen LogP contribution in [0.3, 0.4) is 0 Å². The zero-order chi connectivity index (χ0) is 11.7. The van der Waals surface area contributed by atoms with Gasteiger partial charge in [0, 0.05) is 11.5 Å². The maximum atomic E-state index is 11.7. The summed E-state index contributed by atoms with van der Waals surface area (Å²) in [6.07, 6.45) is 0.952. The van der Waals surface area contributed by atoms with Crippen LogP contribution >= 0.6 is 0 Å². The Kier molecular flexibility index (Phi) is 2.77. The Morgan fingerprint density at radius 3 is 2.50 bits per heavy atom. The number of para-hydroxylation sites is 1. The van der Waals surface area contributed by atoms with Gasteiger partial charge in [-0.15, -0.1) is 0 Å². The number of rotatable bonds is 3. The molecular weight excluding hydrogens is 202 g/mol. The molecule has 0 aromatic heterocycles. The van der Waals surface area contributed by atoms with Gasteiger partial charge in [0.15, 0.2) is 5.78 Å². The number of benzene rings is 1. The van der Waals surface area contributed by atoms with Crippen molar-refractivity contribution < 1.29 is 9.59 Å². The third-order valence-corrected chi connectivity index (χ3v) is 3.01. The van der Waals surface area contributed by atoms with Crippen LogP contribution in [0, 0.1) is 11.8 Å². The van der Waals surface area contributed by atoms with Crippen molar-refractivity contribution in [2.45, 2.75) is 20.3 Å². The van der Waals surface area contributed by atoms with Crippen LogP contribution in [-0.4, -0.2) is 11.7 Å². The molecule has 1 fully saturated rings. The first-order chi connectivity index (χ1) is 7.59. The number of amides is 1. The van der Waals surface area contributed by atoms with E-state index in [0.29, 0.717) is 17.2 Å². The molecule has 1 N–H and O–H groups in total. The van der Waals surface area contributed by atoms with E-state index >= 15 is 0 Å². The number of Topliss-reactive ketones (excluding diaryl/α,β-unsaturated/α-hetero) is 1. The number of hydrogen-bond acceptors (Lipinski definition) is 2. The van der Waals surface area contributed by atoms with Gasteiger partial charge in [-0.25, -0.2) is 0 Å². The summed E-state index contributed by atoms with van der Waals surface area (Å²) in [5.41, 5.74) is 1.20. The first kappa shape index (κ1) is 10.9. The van der Waals surface area contributed by atoms with Gasteiger partial charge in [-0.3, -0.25) is 9.59 Å². The third kappa shape index (κ3) is 2.13. The molecule has 1 aliphatic carbocycles. The fourth-order valence-corrected chi connectivity index (χ4v) is 1.81. The van der Waals surface area contributed by atoms with Gasteiger partial charge in [0.25, 0.3) is 0 Å². The molecule has 1 aromatic rings. The van der Waals surface area contributed by atoms with Gasteiger partial charge >= 0.3 is 0 Å². The normalized spacial score (nSPS) is 22.6. The zero-order valence-corrected chi connectivity index (χ0v) is 9.49. The van der Waals surface area contributed by atoms with E-state index in [2.05, 4.69) is 12.2 Å². The van der Waals surface area contributed by atoms with E-state index in [1.54, 1.807) is 18.2 Å². The summed E-state index contributed by atoms with van der Waals surface area (Å²) in [5.74, 6) is 0.602. The Morgan fingerprint density at radius 1 is 1.31 bits per heavy atom. The van der Waals surface area contributed by atoms with E-state index in [0.717, 1.165) is 6.42 Å². The van der Waals surface area contributed by atoms with E-state index in [9.17, 15) is 9.59 Å². The molecule has 2 unspecified atom stereocenters. The molecule has 16 heavy (non-hydrogen) atoms. The van der Waals surface area contributed by atoms with Crippen molar-refractivity contribution in [3.8, 4) is 0 Å². The lowest BCUT2D eigenvalue weighted by Crippen LogP contribution is -2.16. The molecule has 0 aliphatic heterocycles. The van der Waals surface area contributed by atoms with E-state index in [4.69, 9.17) is 0 Å². The predicted octanol–water partition coefficient (Wildman–Crippen LogP) is 2.48. The molecule has 0 radical (unpaired) electrons. The van der Waals surface area contributed by atoms with Gasteiger partial charge in [0.05, 0.1) is 5.69 Å². The minimum absolute atomic E-state index is 0.0280. The molecule has 1 saturated carbocycles. The fourth-order valence-electron chi connectivity index (χ4n) is 1.81. The van der Waals surface area contributed by atoms with Crippen LogP contribution in [0.25, 0.3) is 0 Å². The molecule has 1 aromatic carbocycles. The highest BCUT2D eigenvalue weighted by molar-refractivity contribution is 6.04. The monoisotopic (exact) mass is 217 g/mol. The summed E-state index contributed by atoms with van der Waals surface area (Å²) in [7, 11) is 0. The lowest BCUT2D eigenvalue weighted by Gasteiger charge is -2.08. The fraction of sp³-hybridized carbons (Fsp3) is 0.385. The first-order valence-corrected chi connectivity index (χ1v) is 5.50. The Labute approximate surface area is 94.9 Å². The summed E-state index contributed by atoms with van der Waals surface area (Å²) in [6.45, 7) is 3.56. The summed E-state index contributed by atoms with van der Waals surface area (Å²) >= 11 is 0. The van der Waals surface area contributed by atoms with Gasteiger partial charge in [-0.05, 0) is 31.4 Å². The molecule has 0 bridgehead atoms. The average molecular weight is 217 g/mol. The molecule has 0 saturated heterocycles. The third-order valence-electron chi connectivity index (χ3n) is 3.01. The molecule has 1 amide bonds. The Bertz CT molecular complexity index is 439. The van der Waals surface area contributed by atoms with Crippen molar-refractivity contribution in [1.82, 2.24) is 0 Å². The number of hydrogen-bond donors (Lipinski definition) is 1. The van der Waals surface area contributed by atoms with Crippen LogP contribution in [0.5, 0.6) is 0 Å². The Morgan fingerprint density at radius 2 is 1.94 bits per heavy atom. The lowest BCUT2D eigenvalue weighted by atomic mass is 10.1. The summed E-state index contributed by atoms with van der Waals surface area (Å²) in [6, 6.07) is 7.11. The highest BCUT2D eigenvalue weighted by Gasteiger charge is 2.39. The molecule has 2 atom stereocenters. The lowest BCUT2D eigenvalue weighted by molar-refractivity contribution is -0.117. The van der Waals surface area contributed by atoms with Gasteiger partial charge in [-0.2, -0.15) is 0 Å². The molecule has 1 aliphatic rings. The SMILES string of the molecule is CC(=O)c1ccccc1NC(=O)C1CC1C. The highest BCUT2D eigenvalue weighted by Crippen LogP contribution is 2.38. The first-order valence-electron chi connectivity index (χ1n) is 5.50. The quantitative estimate of drug-likeness (QED) is 0.790. The smallest absolute Gasteiger partial charge is 0.227 e. The van der Waals surface area contributed by atoms with E-state index in [1.807, 2.05) is 6.07 Å². The van der Waals surface area contributed by atoms with Crippen LogP contribution in [0.4, 0.5) is 5.69 Å². The van der Waals surface area contributed by atoms with Crippen LogP contribution < -0.4 is 5.32 Å². The van der Waals surface area contributed by atoms with Gasteiger partial charge in [-0.1, -0.05) is 19.1 Å². The maximum Gasteiger partial charge on any atom is 0.227 e. The molecule has 84 valence electrons.